The van der Waals surface area contributed by atoms with Crippen molar-refractivity contribution in [2.24, 2.45) is 11.3 Å². The standard InChI is InChI=1S/C15H24N2O2S2/c1-2-16-10-7-13-5-6-14(20-13)21(18,19)17-11-15(8-9-15)12-3-4-12/h5-6,12,16-17H,2-4,7-11H2,1H3. The molecule has 2 fully saturated rings. The highest BCUT2D eigenvalue weighted by Gasteiger charge is 2.53. The van der Waals surface area contributed by atoms with Crippen LogP contribution in [0.4, 0.5) is 0 Å². The summed E-state index contributed by atoms with van der Waals surface area (Å²) in [6, 6.07) is 3.68. The minimum Gasteiger partial charge on any atom is -0.317 e. The molecule has 0 radical (unpaired) electrons. The van der Waals surface area contributed by atoms with E-state index in [1.807, 2.05) is 6.07 Å². The van der Waals surface area contributed by atoms with Gasteiger partial charge in [0.1, 0.15) is 4.21 Å². The number of sulfonamides is 1. The molecule has 0 unspecified atom stereocenters. The largest absolute Gasteiger partial charge is 0.317 e. The molecule has 3 rings (SSSR count). The van der Waals surface area contributed by atoms with Gasteiger partial charge in [0.15, 0.2) is 0 Å². The van der Waals surface area contributed by atoms with E-state index in [1.54, 1.807) is 6.07 Å². The Labute approximate surface area is 131 Å². The van der Waals surface area contributed by atoms with Crippen molar-refractivity contribution < 1.29 is 8.42 Å². The van der Waals surface area contributed by atoms with Gasteiger partial charge in [-0.15, -0.1) is 11.3 Å². The summed E-state index contributed by atoms with van der Waals surface area (Å²) in [6.45, 7) is 4.54. The van der Waals surface area contributed by atoms with Gasteiger partial charge in [0.25, 0.3) is 0 Å². The molecule has 0 spiro atoms. The third-order valence-electron chi connectivity index (χ3n) is 4.65. The molecule has 0 atom stereocenters. The summed E-state index contributed by atoms with van der Waals surface area (Å²) in [4.78, 5) is 1.12. The maximum absolute atomic E-state index is 12.4. The summed E-state index contributed by atoms with van der Waals surface area (Å²) in [6.07, 6.45) is 5.85. The Balaban J connectivity index is 1.56. The quantitative estimate of drug-likeness (QED) is 0.684. The maximum atomic E-state index is 12.4. The molecule has 4 nitrogen and oxygen atoms in total. The van der Waals surface area contributed by atoms with Crippen molar-refractivity contribution in [1.82, 2.24) is 10.0 Å². The SMILES string of the molecule is CCNCCc1ccc(S(=O)(=O)NCC2(C3CC3)CC2)s1. The van der Waals surface area contributed by atoms with Crippen molar-refractivity contribution in [2.45, 2.75) is 43.2 Å². The first-order valence-corrected chi connectivity index (χ1v) is 10.1. The molecular formula is C15H24N2O2S2. The Morgan fingerprint density at radius 1 is 1.33 bits per heavy atom. The number of likely N-dealkylation sites (N-methyl/N-ethyl adjacent to an activating group) is 1. The van der Waals surface area contributed by atoms with Crippen LogP contribution >= 0.6 is 11.3 Å². The molecule has 118 valence electrons. The van der Waals surface area contributed by atoms with Gasteiger partial charge < -0.3 is 5.32 Å². The normalized spacial score (nSPS) is 20.6. The second kappa shape index (κ2) is 5.99. The van der Waals surface area contributed by atoms with Crippen molar-refractivity contribution in [3.8, 4) is 0 Å². The maximum Gasteiger partial charge on any atom is 0.250 e. The molecule has 1 heterocycles. The molecule has 2 aliphatic carbocycles. The monoisotopic (exact) mass is 328 g/mol. The molecule has 6 heteroatoms. The zero-order chi connectivity index (χ0) is 14.9. The second-order valence-corrected chi connectivity index (χ2v) is 9.45. The lowest BCUT2D eigenvalue weighted by molar-refractivity contribution is 0.432. The fourth-order valence-corrected chi connectivity index (χ4v) is 5.46. The van der Waals surface area contributed by atoms with E-state index in [0.29, 0.717) is 16.2 Å². The van der Waals surface area contributed by atoms with Gasteiger partial charge in [-0.05, 0) is 68.7 Å². The third-order valence-corrected chi connectivity index (χ3v) is 7.69. The van der Waals surface area contributed by atoms with Gasteiger partial charge in [0.05, 0.1) is 0 Å². The van der Waals surface area contributed by atoms with E-state index in [4.69, 9.17) is 0 Å². The topological polar surface area (TPSA) is 58.2 Å². The first-order chi connectivity index (χ1) is 10.1. The van der Waals surface area contributed by atoms with E-state index in [1.165, 1.54) is 37.0 Å². The van der Waals surface area contributed by atoms with Gasteiger partial charge in [0.2, 0.25) is 10.0 Å². The average Bonchev–Trinajstić information content (AvgIpc) is 3.35. The molecule has 0 aromatic carbocycles. The van der Waals surface area contributed by atoms with E-state index in [9.17, 15) is 8.42 Å². The second-order valence-electron chi connectivity index (χ2n) is 6.29. The van der Waals surface area contributed by atoms with Crippen molar-refractivity contribution in [2.75, 3.05) is 19.6 Å². The average molecular weight is 329 g/mol. The Bertz CT molecular complexity index is 587. The first-order valence-electron chi connectivity index (χ1n) is 7.85. The van der Waals surface area contributed by atoms with Crippen molar-refractivity contribution in [3.63, 3.8) is 0 Å². The first kappa shape index (κ1) is 15.5. The molecular weight excluding hydrogens is 304 g/mol. The van der Waals surface area contributed by atoms with Gasteiger partial charge in [-0.2, -0.15) is 0 Å². The van der Waals surface area contributed by atoms with Gasteiger partial charge in [-0.1, -0.05) is 6.92 Å². The zero-order valence-electron chi connectivity index (χ0n) is 12.5. The molecule has 0 amide bonds. The van der Waals surface area contributed by atoms with Crippen LogP contribution in [0.1, 0.15) is 37.5 Å². The predicted molar refractivity (Wildman–Crippen MR) is 86.1 cm³/mol. The van der Waals surface area contributed by atoms with Crippen LogP contribution in [0.3, 0.4) is 0 Å². The molecule has 1 aromatic heterocycles. The van der Waals surface area contributed by atoms with Crippen LogP contribution in [0.15, 0.2) is 16.3 Å². The molecule has 0 aliphatic heterocycles. The Morgan fingerprint density at radius 2 is 2.10 bits per heavy atom. The molecule has 2 saturated carbocycles. The molecule has 2 aliphatic rings. The molecule has 0 saturated heterocycles. The summed E-state index contributed by atoms with van der Waals surface area (Å²) >= 11 is 1.39. The number of hydrogen-bond donors (Lipinski definition) is 2. The van der Waals surface area contributed by atoms with E-state index < -0.39 is 10.0 Å². The van der Waals surface area contributed by atoms with Crippen LogP contribution in [0.2, 0.25) is 0 Å². The Morgan fingerprint density at radius 3 is 2.71 bits per heavy atom. The van der Waals surface area contributed by atoms with Gasteiger partial charge in [0, 0.05) is 11.4 Å². The lowest BCUT2D eigenvalue weighted by Gasteiger charge is -2.14. The summed E-state index contributed by atoms with van der Waals surface area (Å²) in [5.74, 6) is 0.777. The highest BCUT2D eigenvalue weighted by atomic mass is 32.2. The summed E-state index contributed by atoms with van der Waals surface area (Å²) in [5.41, 5.74) is 0.304. The number of rotatable bonds is 9. The van der Waals surface area contributed by atoms with E-state index in [0.717, 1.165) is 30.3 Å². The van der Waals surface area contributed by atoms with Gasteiger partial charge in [-0.3, -0.25) is 0 Å². The Kier molecular flexibility index (Phi) is 4.41. The minimum absolute atomic E-state index is 0.304. The summed E-state index contributed by atoms with van der Waals surface area (Å²) in [5, 5.41) is 3.26. The minimum atomic E-state index is -3.32. The van der Waals surface area contributed by atoms with E-state index in [-0.39, 0.29) is 0 Å². The van der Waals surface area contributed by atoms with Crippen molar-refractivity contribution >= 4 is 21.4 Å². The summed E-state index contributed by atoms with van der Waals surface area (Å²) in [7, 11) is -3.32. The predicted octanol–water partition coefficient (Wildman–Crippen LogP) is 2.37. The van der Waals surface area contributed by atoms with Crippen LogP contribution in [-0.2, 0) is 16.4 Å². The Hall–Kier alpha value is -0.430. The van der Waals surface area contributed by atoms with E-state index >= 15 is 0 Å². The van der Waals surface area contributed by atoms with Crippen LogP contribution < -0.4 is 10.0 Å². The third kappa shape index (κ3) is 3.67. The fraction of sp³-hybridized carbons (Fsp3) is 0.733. The molecule has 0 bridgehead atoms. The van der Waals surface area contributed by atoms with Crippen LogP contribution in [0.5, 0.6) is 0 Å². The van der Waals surface area contributed by atoms with Crippen molar-refractivity contribution in [3.05, 3.63) is 17.0 Å². The van der Waals surface area contributed by atoms with Crippen molar-refractivity contribution in [1.29, 1.82) is 0 Å². The zero-order valence-corrected chi connectivity index (χ0v) is 14.2. The lowest BCUT2D eigenvalue weighted by atomic mass is 10.0. The van der Waals surface area contributed by atoms with E-state index in [2.05, 4.69) is 17.0 Å². The lowest BCUT2D eigenvalue weighted by Crippen LogP contribution is -2.30. The number of hydrogen-bond acceptors (Lipinski definition) is 4. The van der Waals surface area contributed by atoms with Crippen LogP contribution in [-0.4, -0.2) is 28.1 Å². The van der Waals surface area contributed by atoms with Gasteiger partial charge in [-0.25, -0.2) is 13.1 Å². The van der Waals surface area contributed by atoms with Gasteiger partial charge >= 0.3 is 0 Å². The number of thiophene rings is 1. The smallest absolute Gasteiger partial charge is 0.250 e. The summed E-state index contributed by atoms with van der Waals surface area (Å²) < 4.78 is 28.1. The number of nitrogens with one attached hydrogen (secondary N) is 2. The molecule has 2 N–H and O–H groups in total. The van der Waals surface area contributed by atoms with Crippen LogP contribution in [0, 0.1) is 11.3 Å². The fourth-order valence-electron chi connectivity index (χ4n) is 2.92. The molecule has 21 heavy (non-hydrogen) atoms. The highest BCUT2D eigenvalue weighted by molar-refractivity contribution is 7.91. The van der Waals surface area contributed by atoms with Crippen LogP contribution in [0.25, 0.3) is 0 Å². The molecule has 1 aromatic rings. The highest BCUT2D eigenvalue weighted by Crippen LogP contribution is 2.60.